The summed E-state index contributed by atoms with van der Waals surface area (Å²) in [4.78, 5) is 10.9. The van der Waals surface area contributed by atoms with Gasteiger partial charge in [0, 0.05) is 6.42 Å². The van der Waals surface area contributed by atoms with Crippen molar-refractivity contribution in [2.75, 3.05) is 7.11 Å². The number of nitrogens with zero attached hydrogens (tertiary/aromatic N) is 1. The zero-order chi connectivity index (χ0) is 12.6. The van der Waals surface area contributed by atoms with Crippen LogP contribution in [0.15, 0.2) is 23.0 Å². The third kappa shape index (κ3) is 3.77. The van der Waals surface area contributed by atoms with E-state index in [0.717, 1.165) is 18.6 Å². The van der Waals surface area contributed by atoms with E-state index in [-0.39, 0.29) is 5.57 Å². The number of nitrogens with two attached hydrogens (primary N) is 1. The number of carbonyl (C=O) groups is 1. The Morgan fingerprint density at radius 2 is 2.12 bits per heavy atom. The highest BCUT2D eigenvalue weighted by Crippen LogP contribution is 2.24. The molecule has 0 fully saturated rings. The molecule has 0 bridgehead atoms. The molecule has 1 amide bonds. The van der Waals surface area contributed by atoms with Crippen LogP contribution in [0.1, 0.15) is 33.1 Å². The summed E-state index contributed by atoms with van der Waals surface area (Å²) >= 11 is 0. The fraction of sp³-hybridized carbons (Fsp3) is 0.500. The van der Waals surface area contributed by atoms with Crippen molar-refractivity contribution in [1.29, 1.82) is 5.26 Å². The zero-order valence-electron chi connectivity index (χ0n) is 10.0. The van der Waals surface area contributed by atoms with E-state index in [4.69, 9.17) is 15.7 Å². The quantitative estimate of drug-likeness (QED) is 0.573. The van der Waals surface area contributed by atoms with E-state index in [1.165, 1.54) is 0 Å². The van der Waals surface area contributed by atoms with E-state index in [1.54, 1.807) is 13.2 Å². The monoisotopic (exact) mass is 222 g/mol. The first-order valence-corrected chi connectivity index (χ1v) is 5.36. The Morgan fingerprint density at radius 1 is 1.50 bits per heavy atom. The van der Waals surface area contributed by atoms with Crippen molar-refractivity contribution < 1.29 is 9.53 Å². The molecule has 2 N–H and O–H groups in total. The number of amides is 1. The van der Waals surface area contributed by atoms with Gasteiger partial charge in [0.15, 0.2) is 0 Å². The lowest BCUT2D eigenvalue weighted by Crippen LogP contribution is -2.15. The van der Waals surface area contributed by atoms with Crippen LogP contribution in [0.4, 0.5) is 0 Å². The van der Waals surface area contributed by atoms with Crippen LogP contribution in [0.3, 0.4) is 0 Å². The molecule has 1 aliphatic carbocycles. The van der Waals surface area contributed by atoms with Crippen LogP contribution in [0, 0.1) is 11.3 Å². The molecule has 16 heavy (non-hydrogen) atoms. The molecule has 1 rings (SSSR count). The maximum Gasteiger partial charge on any atom is 0.259 e. The second kappa shape index (κ2) is 7.52. The van der Waals surface area contributed by atoms with Crippen molar-refractivity contribution in [3.05, 3.63) is 23.0 Å². The molecular formula is C12H18N2O2. The average molecular weight is 222 g/mol. The first-order chi connectivity index (χ1) is 7.69. The van der Waals surface area contributed by atoms with Gasteiger partial charge in [-0.3, -0.25) is 4.79 Å². The molecule has 1 aliphatic rings. The van der Waals surface area contributed by atoms with Crippen LogP contribution >= 0.6 is 0 Å². The van der Waals surface area contributed by atoms with E-state index < -0.39 is 5.91 Å². The van der Waals surface area contributed by atoms with E-state index in [9.17, 15) is 4.79 Å². The molecule has 0 aromatic carbocycles. The van der Waals surface area contributed by atoms with Gasteiger partial charge in [0.25, 0.3) is 5.91 Å². The van der Waals surface area contributed by atoms with Crippen LogP contribution in [0.2, 0.25) is 0 Å². The lowest BCUT2D eigenvalue weighted by molar-refractivity contribution is -0.114. The van der Waals surface area contributed by atoms with Gasteiger partial charge >= 0.3 is 0 Å². The minimum atomic E-state index is -0.670. The Labute approximate surface area is 96.4 Å². The van der Waals surface area contributed by atoms with Crippen molar-refractivity contribution in [3.63, 3.8) is 0 Å². The first kappa shape index (κ1) is 14.2. The number of rotatable bonds is 2. The number of methoxy groups -OCH3 is 1. The average Bonchev–Trinajstić information content (AvgIpc) is 2.32. The van der Waals surface area contributed by atoms with E-state index >= 15 is 0 Å². The Bertz CT molecular complexity index is 349. The fourth-order valence-corrected chi connectivity index (χ4v) is 1.44. The van der Waals surface area contributed by atoms with Gasteiger partial charge < -0.3 is 10.5 Å². The van der Waals surface area contributed by atoms with Gasteiger partial charge in [0.05, 0.1) is 12.9 Å². The number of carbonyl (C=O) groups excluding carboxylic acids is 1. The van der Waals surface area contributed by atoms with Gasteiger partial charge in [-0.2, -0.15) is 5.26 Å². The van der Waals surface area contributed by atoms with Crippen LogP contribution in [-0.2, 0) is 9.53 Å². The molecule has 88 valence electrons. The molecule has 4 nitrogen and oxygen atoms in total. The number of nitriles is 1. The molecule has 0 heterocycles. The summed E-state index contributed by atoms with van der Waals surface area (Å²) in [6.45, 7) is 4.00. The van der Waals surface area contributed by atoms with Crippen LogP contribution in [-0.4, -0.2) is 13.0 Å². The van der Waals surface area contributed by atoms with Crippen molar-refractivity contribution >= 4 is 5.91 Å². The SMILES string of the molecule is CC.COC1=C/C(=C(/C#N)C(N)=O)CCC1. The second-order valence-electron chi connectivity index (χ2n) is 3.04. The lowest BCUT2D eigenvalue weighted by atomic mass is 9.96. The van der Waals surface area contributed by atoms with Crippen LogP contribution < -0.4 is 5.73 Å². The van der Waals surface area contributed by atoms with Crippen molar-refractivity contribution in [3.8, 4) is 6.07 Å². The number of allylic oxidation sites excluding steroid dienone is 3. The van der Waals surface area contributed by atoms with Crippen LogP contribution in [0.25, 0.3) is 0 Å². The molecule has 0 aliphatic heterocycles. The summed E-state index contributed by atoms with van der Waals surface area (Å²) in [7, 11) is 1.57. The number of hydrogen-bond acceptors (Lipinski definition) is 3. The molecule has 0 saturated carbocycles. The first-order valence-electron chi connectivity index (χ1n) is 5.36. The smallest absolute Gasteiger partial charge is 0.259 e. The standard InChI is InChI=1S/C10H12N2O2.C2H6/c1-14-8-4-2-3-7(5-8)9(6-11)10(12)13;1-2/h5H,2-4H2,1H3,(H2,12,13);1-2H3/b9-7-;. The third-order valence-electron chi connectivity index (χ3n) is 2.15. The predicted molar refractivity (Wildman–Crippen MR) is 62.1 cm³/mol. The van der Waals surface area contributed by atoms with Gasteiger partial charge in [0.1, 0.15) is 11.6 Å². The molecule has 0 aromatic heterocycles. The number of hydrogen-bond donors (Lipinski definition) is 1. The minimum absolute atomic E-state index is 0.0410. The summed E-state index contributed by atoms with van der Waals surface area (Å²) in [5.41, 5.74) is 5.80. The van der Waals surface area contributed by atoms with E-state index in [1.807, 2.05) is 19.9 Å². The molecule has 0 unspecified atom stereocenters. The molecule has 0 radical (unpaired) electrons. The highest BCUT2D eigenvalue weighted by molar-refractivity contribution is 5.97. The Balaban J connectivity index is 0.00000106. The van der Waals surface area contributed by atoms with Gasteiger partial charge in [-0.05, 0) is 24.5 Å². The van der Waals surface area contributed by atoms with Crippen molar-refractivity contribution in [1.82, 2.24) is 0 Å². The number of primary amides is 1. The van der Waals surface area contributed by atoms with Crippen molar-refractivity contribution in [2.24, 2.45) is 5.73 Å². The Kier molecular flexibility index (Phi) is 6.69. The second-order valence-corrected chi connectivity index (χ2v) is 3.04. The summed E-state index contributed by atoms with van der Waals surface area (Å²) in [6.07, 6.45) is 4.16. The van der Waals surface area contributed by atoms with Gasteiger partial charge in [-0.25, -0.2) is 0 Å². The highest BCUT2D eigenvalue weighted by Gasteiger charge is 2.15. The summed E-state index contributed by atoms with van der Waals surface area (Å²) < 4.78 is 5.06. The van der Waals surface area contributed by atoms with E-state index in [2.05, 4.69) is 0 Å². The maximum absolute atomic E-state index is 10.9. The molecular weight excluding hydrogens is 204 g/mol. The number of ether oxygens (including phenoxy) is 1. The zero-order valence-corrected chi connectivity index (χ0v) is 10.0. The normalized spacial score (nSPS) is 17.2. The van der Waals surface area contributed by atoms with Gasteiger partial charge in [-0.15, -0.1) is 0 Å². The fourth-order valence-electron chi connectivity index (χ4n) is 1.44. The van der Waals surface area contributed by atoms with Gasteiger partial charge in [0.2, 0.25) is 0 Å². The Morgan fingerprint density at radius 3 is 2.56 bits per heavy atom. The topological polar surface area (TPSA) is 76.1 Å². The Hall–Kier alpha value is -1.76. The summed E-state index contributed by atoms with van der Waals surface area (Å²) in [5, 5.41) is 8.73. The molecule has 4 heteroatoms. The summed E-state index contributed by atoms with van der Waals surface area (Å²) in [6, 6.07) is 1.82. The molecule has 0 saturated heterocycles. The minimum Gasteiger partial charge on any atom is -0.501 e. The van der Waals surface area contributed by atoms with Crippen molar-refractivity contribution in [2.45, 2.75) is 33.1 Å². The van der Waals surface area contributed by atoms with Gasteiger partial charge in [-0.1, -0.05) is 13.8 Å². The molecule has 0 atom stereocenters. The summed E-state index contributed by atoms with van der Waals surface area (Å²) in [5.74, 6) is 0.122. The van der Waals surface area contributed by atoms with Crippen LogP contribution in [0.5, 0.6) is 0 Å². The molecule has 0 spiro atoms. The highest BCUT2D eigenvalue weighted by atomic mass is 16.5. The van der Waals surface area contributed by atoms with E-state index in [0.29, 0.717) is 12.0 Å². The predicted octanol–water partition coefficient (Wildman–Crippen LogP) is 2.03. The largest absolute Gasteiger partial charge is 0.501 e. The third-order valence-corrected chi connectivity index (χ3v) is 2.15. The maximum atomic E-state index is 10.9. The lowest BCUT2D eigenvalue weighted by Gasteiger charge is -2.14. The molecule has 0 aromatic rings.